The van der Waals surface area contributed by atoms with Crippen LogP contribution in [0.4, 0.5) is 8.78 Å². The molecule has 0 saturated heterocycles. The van der Waals surface area contributed by atoms with Crippen LogP contribution in [0, 0.1) is 11.6 Å². The molecule has 0 atom stereocenters. The van der Waals surface area contributed by atoms with Crippen molar-refractivity contribution in [2.45, 2.75) is 26.5 Å². The van der Waals surface area contributed by atoms with Gasteiger partial charge in [0.25, 0.3) is 0 Å². The lowest BCUT2D eigenvalue weighted by Gasteiger charge is -2.16. The summed E-state index contributed by atoms with van der Waals surface area (Å²) in [6, 6.07) is 14.6. The Balaban J connectivity index is 1.64. The van der Waals surface area contributed by atoms with Crippen molar-refractivity contribution in [3.05, 3.63) is 93.0 Å². The highest BCUT2D eigenvalue weighted by molar-refractivity contribution is 6.32. The molecule has 0 radical (unpaired) electrons. The summed E-state index contributed by atoms with van der Waals surface area (Å²) in [7, 11) is 0. The lowest BCUT2D eigenvalue weighted by atomic mass is 10.1. The summed E-state index contributed by atoms with van der Waals surface area (Å²) in [6.07, 6.45) is 0.775. The smallest absolute Gasteiger partial charge is 0.180 e. The third-order valence-corrected chi connectivity index (χ3v) is 5.26. The Morgan fingerprint density at radius 2 is 1.68 bits per heavy atom. The molecule has 0 bridgehead atoms. The van der Waals surface area contributed by atoms with Crippen LogP contribution in [0.5, 0.6) is 11.5 Å². The maximum absolute atomic E-state index is 14.0. The zero-order valence-electron chi connectivity index (χ0n) is 17.1. The minimum atomic E-state index is -0.441. The van der Waals surface area contributed by atoms with Crippen molar-refractivity contribution in [2.75, 3.05) is 13.2 Å². The summed E-state index contributed by atoms with van der Waals surface area (Å²) >= 11 is 12.5. The van der Waals surface area contributed by atoms with Crippen LogP contribution in [0.2, 0.25) is 10.0 Å². The van der Waals surface area contributed by atoms with E-state index in [-0.39, 0.29) is 23.0 Å². The Morgan fingerprint density at radius 1 is 0.903 bits per heavy atom. The van der Waals surface area contributed by atoms with Crippen molar-refractivity contribution in [2.24, 2.45) is 0 Å². The second-order valence-electron chi connectivity index (χ2n) is 6.88. The average Bonchev–Trinajstić information content (AvgIpc) is 2.74. The number of rotatable bonds is 10. The first-order valence-electron chi connectivity index (χ1n) is 9.94. The number of nitrogens with one attached hydrogen (secondary N) is 1. The molecule has 7 heteroatoms. The van der Waals surface area contributed by atoms with E-state index in [1.165, 1.54) is 24.3 Å². The minimum absolute atomic E-state index is 0.0689. The van der Waals surface area contributed by atoms with Crippen LogP contribution in [0.25, 0.3) is 0 Å². The SMILES string of the molecule is CCOc1cc(CNCCc2ccc(F)cc2)cc(Cl)c1OCc1c(F)cccc1Cl. The molecule has 0 aromatic heterocycles. The fraction of sp³-hybridized carbons (Fsp3) is 0.250. The van der Waals surface area contributed by atoms with Gasteiger partial charge in [0, 0.05) is 12.1 Å². The molecule has 3 rings (SSSR count). The first-order valence-corrected chi connectivity index (χ1v) is 10.7. The quantitative estimate of drug-likeness (QED) is 0.343. The Kier molecular flexibility index (Phi) is 8.52. The molecule has 3 nitrogen and oxygen atoms in total. The van der Waals surface area contributed by atoms with Gasteiger partial charge in [-0.05, 0) is 67.4 Å². The van der Waals surface area contributed by atoms with Gasteiger partial charge in [0.2, 0.25) is 0 Å². The maximum Gasteiger partial charge on any atom is 0.180 e. The van der Waals surface area contributed by atoms with Crippen molar-refractivity contribution in [3.8, 4) is 11.5 Å². The van der Waals surface area contributed by atoms with E-state index >= 15 is 0 Å². The second kappa shape index (κ2) is 11.3. The second-order valence-corrected chi connectivity index (χ2v) is 7.69. The van der Waals surface area contributed by atoms with E-state index in [1.54, 1.807) is 24.3 Å². The lowest BCUT2D eigenvalue weighted by molar-refractivity contribution is 0.266. The predicted octanol–water partition coefficient (Wildman–Crippen LogP) is 6.58. The molecular weight excluding hydrogens is 443 g/mol. The van der Waals surface area contributed by atoms with Gasteiger partial charge in [-0.25, -0.2) is 8.78 Å². The van der Waals surface area contributed by atoms with Gasteiger partial charge in [0.05, 0.1) is 16.7 Å². The summed E-state index contributed by atoms with van der Waals surface area (Å²) in [4.78, 5) is 0. The van der Waals surface area contributed by atoms with E-state index in [0.717, 1.165) is 24.1 Å². The van der Waals surface area contributed by atoms with E-state index in [4.69, 9.17) is 32.7 Å². The lowest BCUT2D eigenvalue weighted by Crippen LogP contribution is -2.17. The maximum atomic E-state index is 14.0. The molecule has 0 aliphatic carbocycles. The normalized spacial score (nSPS) is 10.9. The van der Waals surface area contributed by atoms with Crippen molar-refractivity contribution in [1.82, 2.24) is 5.32 Å². The molecule has 3 aromatic carbocycles. The van der Waals surface area contributed by atoms with Crippen molar-refractivity contribution in [3.63, 3.8) is 0 Å². The molecule has 31 heavy (non-hydrogen) atoms. The van der Waals surface area contributed by atoms with Crippen LogP contribution in [-0.4, -0.2) is 13.2 Å². The predicted molar refractivity (Wildman–Crippen MR) is 120 cm³/mol. The Morgan fingerprint density at radius 3 is 2.39 bits per heavy atom. The molecule has 0 fully saturated rings. The van der Waals surface area contributed by atoms with Crippen LogP contribution in [0.3, 0.4) is 0 Å². The molecular formula is C24H23Cl2F2NO2. The Hall–Kier alpha value is -2.34. The minimum Gasteiger partial charge on any atom is -0.490 e. The summed E-state index contributed by atoms with van der Waals surface area (Å²) < 4.78 is 38.5. The zero-order valence-corrected chi connectivity index (χ0v) is 18.6. The van der Waals surface area contributed by atoms with E-state index in [9.17, 15) is 8.78 Å². The number of ether oxygens (including phenoxy) is 2. The van der Waals surface area contributed by atoms with Crippen LogP contribution in [-0.2, 0) is 19.6 Å². The molecule has 3 aromatic rings. The summed E-state index contributed by atoms with van der Waals surface area (Å²) in [5.41, 5.74) is 2.23. The number of halogens is 4. The number of hydrogen-bond donors (Lipinski definition) is 1. The van der Waals surface area contributed by atoms with E-state index in [1.807, 2.05) is 13.0 Å². The highest BCUT2D eigenvalue weighted by Crippen LogP contribution is 2.37. The van der Waals surface area contributed by atoms with Gasteiger partial charge in [-0.1, -0.05) is 41.4 Å². The third-order valence-electron chi connectivity index (χ3n) is 4.62. The molecule has 0 aliphatic heterocycles. The first kappa shape index (κ1) is 23.3. The molecule has 0 saturated carbocycles. The van der Waals surface area contributed by atoms with Gasteiger partial charge in [-0.2, -0.15) is 0 Å². The van der Waals surface area contributed by atoms with Gasteiger partial charge < -0.3 is 14.8 Å². The first-order chi connectivity index (χ1) is 15.0. The van der Waals surface area contributed by atoms with Gasteiger partial charge >= 0.3 is 0 Å². The largest absolute Gasteiger partial charge is 0.490 e. The van der Waals surface area contributed by atoms with E-state index < -0.39 is 5.82 Å². The van der Waals surface area contributed by atoms with Crippen molar-refractivity contribution >= 4 is 23.2 Å². The van der Waals surface area contributed by atoms with E-state index in [2.05, 4.69) is 5.32 Å². The van der Waals surface area contributed by atoms with Crippen LogP contribution in [0.1, 0.15) is 23.6 Å². The monoisotopic (exact) mass is 465 g/mol. The molecule has 0 aliphatic rings. The van der Waals surface area contributed by atoms with Crippen LogP contribution < -0.4 is 14.8 Å². The molecule has 0 amide bonds. The highest BCUT2D eigenvalue weighted by Gasteiger charge is 2.15. The van der Waals surface area contributed by atoms with Gasteiger partial charge in [-0.3, -0.25) is 0 Å². The van der Waals surface area contributed by atoms with Gasteiger partial charge in [0.1, 0.15) is 18.2 Å². The zero-order chi connectivity index (χ0) is 22.2. The standard InChI is InChI=1S/C24H23Cl2F2NO2/c1-2-30-23-13-17(14-29-11-10-16-6-8-18(27)9-7-16)12-21(26)24(23)31-15-19-20(25)4-3-5-22(19)28/h3-9,12-13,29H,2,10-11,14-15H2,1H3. The van der Waals surface area contributed by atoms with E-state index in [0.29, 0.717) is 29.7 Å². The molecule has 0 spiro atoms. The fourth-order valence-electron chi connectivity index (χ4n) is 3.06. The third kappa shape index (κ3) is 6.57. The average molecular weight is 466 g/mol. The van der Waals surface area contributed by atoms with Crippen LogP contribution >= 0.6 is 23.2 Å². The topological polar surface area (TPSA) is 30.5 Å². The number of hydrogen-bond acceptors (Lipinski definition) is 3. The molecule has 0 heterocycles. The Labute approximate surface area is 190 Å². The fourth-order valence-corrected chi connectivity index (χ4v) is 3.56. The molecule has 1 N–H and O–H groups in total. The summed E-state index contributed by atoms with van der Waals surface area (Å²) in [5.74, 6) is 0.147. The molecule has 164 valence electrons. The molecule has 0 unspecified atom stereocenters. The van der Waals surface area contributed by atoms with Gasteiger partial charge in [0.15, 0.2) is 11.5 Å². The van der Waals surface area contributed by atoms with Crippen molar-refractivity contribution < 1.29 is 18.3 Å². The van der Waals surface area contributed by atoms with Gasteiger partial charge in [-0.15, -0.1) is 0 Å². The summed E-state index contributed by atoms with van der Waals surface area (Å²) in [5, 5.41) is 4.00. The van der Waals surface area contributed by atoms with Crippen molar-refractivity contribution in [1.29, 1.82) is 0 Å². The highest BCUT2D eigenvalue weighted by atomic mass is 35.5. The summed E-state index contributed by atoms with van der Waals surface area (Å²) in [6.45, 7) is 3.51. The van der Waals surface area contributed by atoms with Crippen LogP contribution in [0.15, 0.2) is 54.6 Å². The number of benzene rings is 3. The Bertz CT molecular complexity index is 993.